The van der Waals surface area contributed by atoms with Crippen molar-refractivity contribution in [2.24, 2.45) is 0 Å². The number of sulfonamides is 1. The maximum absolute atomic E-state index is 12.2. The molecule has 0 atom stereocenters. The predicted octanol–water partition coefficient (Wildman–Crippen LogP) is 2.40. The SMILES string of the molecule is C=CCNS(=O)(=O)c1ccc(C(=O)NCCCN(C)Cc2ccccc2)cc1. The molecule has 0 aliphatic rings. The van der Waals surface area contributed by atoms with Gasteiger partial charge in [-0.25, -0.2) is 13.1 Å². The standard InChI is InChI=1S/C21H27N3O3S/c1-3-14-23-28(26,27)20-12-10-19(11-13-20)21(25)22-15-7-16-24(2)17-18-8-5-4-6-9-18/h3-6,8-13,23H,1,7,14-17H2,2H3,(H,22,25). The highest BCUT2D eigenvalue weighted by molar-refractivity contribution is 7.89. The lowest BCUT2D eigenvalue weighted by atomic mass is 10.2. The van der Waals surface area contributed by atoms with Gasteiger partial charge >= 0.3 is 0 Å². The van der Waals surface area contributed by atoms with Crippen molar-refractivity contribution < 1.29 is 13.2 Å². The quantitative estimate of drug-likeness (QED) is 0.448. The molecule has 0 bridgehead atoms. The Morgan fingerprint density at radius 1 is 1.11 bits per heavy atom. The Hall–Kier alpha value is -2.48. The lowest BCUT2D eigenvalue weighted by Crippen LogP contribution is -2.28. The van der Waals surface area contributed by atoms with Crippen molar-refractivity contribution in [2.45, 2.75) is 17.9 Å². The zero-order chi connectivity index (χ0) is 20.4. The van der Waals surface area contributed by atoms with Crippen molar-refractivity contribution in [3.05, 3.63) is 78.4 Å². The summed E-state index contributed by atoms with van der Waals surface area (Å²) in [4.78, 5) is 14.5. The number of hydrogen-bond donors (Lipinski definition) is 2. The summed E-state index contributed by atoms with van der Waals surface area (Å²) in [6, 6.07) is 16.1. The summed E-state index contributed by atoms with van der Waals surface area (Å²) in [5.41, 5.74) is 1.69. The fraction of sp³-hybridized carbons (Fsp3) is 0.286. The Morgan fingerprint density at radius 2 is 1.79 bits per heavy atom. The Morgan fingerprint density at radius 3 is 2.43 bits per heavy atom. The molecule has 2 N–H and O–H groups in total. The first kappa shape index (κ1) is 21.8. The van der Waals surface area contributed by atoms with E-state index in [1.807, 2.05) is 25.2 Å². The van der Waals surface area contributed by atoms with E-state index in [0.717, 1.165) is 19.5 Å². The van der Waals surface area contributed by atoms with E-state index in [0.29, 0.717) is 12.1 Å². The molecule has 0 aromatic heterocycles. The van der Waals surface area contributed by atoms with E-state index in [9.17, 15) is 13.2 Å². The largest absolute Gasteiger partial charge is 0.352 e. The molecule has 2 aromatic carbocycles. The molecular formula is C21H27N3O3S. The molecule has 0 fully saturated rings. The fourth-order valence-corrected chi connectivity index (χ4v) is 3.66. The smallest absolute Gasteiger partial charge is 0.251 e. The minimum Gasteiger partial charge on any atom is -0.352 e. The number of benzene rings is 2. The van der Waals surface area contributed by atoms with Gasteiger partial charge in [-0.15, -0.1) is 6.58 Å². The molecule has 7 heteroatoms. The van der Waals surface area contributed by atoms with Gasteiger partial charge in [0, 0.05) is 25.2 Å². The molecule has 0 heterocycles. The number of nitrogens with zero attached hydrogens (tertiary/aromatic N) is 1. The van der Waals surface area contributed by atoms with Crippen molar-refractivity contribution in [2.75, 3.05) is 26.7 Å². The Balaban J connectivity index is 1.76. The van der Waals surface area contributed by atoms with Gasteiger partial charge in [0.25, 0.3) is 5.91 Å². The number of amides is 1. The summed E-state index contributed by atoms with van der Waals surface area (Å²) >= 11 is 0. The summed E-state index contributed by atoms with van der Waals surface area (Å²) in [6.07, 6.45) is 2.30. The zero-order valence-electron chi connectivity index (χ0n) is 16.1. The van der Waals surface area contributed by atoms with Crippen LogP contribution in [0.25, 0.3) is 0 Å². The van der Waals surface area contributed by atoms with Crippen molar-refractivity contribution in [1.82, 2.24) is 14.9 Å². The van der Waals surface area contributed by atoms with Gasteiger partial charge in [-0.3, -0.25) is 4.79 Å². The first-order chi connectivity index (χ1) is 13.4. The molecule has 28 heavy (non-hydrogen) atoms. The minimum atomic E-state index is -3.58. The lowest BCUT2D eigenvalue weighted by molar-refractivity contribution is 0.0952. The lowest BCUT2D eigenvalue weighted by Gasteiger charge is -2.16. The molecular weight excluding hydrogens is 374 g/mol. The van der Waals surface area contributed by atoms with Crippen molar-refractivity contribution in [3.63, 3.8) is 0 Å². The Bertz CT molecular complexity index is 866. The zero-order valence-corrected chi connectivity index (χ0v) is 16.9. The topological polar surface area (TPSA) is 78.5 Å². The summed E-state index contributed by atoms with van der Waals surface area (Å²) < 4.78 is 26.4. The van der Waals surface area contributed by atoms with E-state index in [1.54, 1.807) is 0 Å². The van der Waals surface area contributed by atoms with Crippen molar-refractivity contribution in [3.8, 4) is 0 Å². The summed E-state index contributed by atoms with van der Waals surface area (Å²) in [7, 11) is -1.53. The summed E-state index contributed by atoms with van der Waals surface area (Å²) in [6.45, 7) is 5.92. The van der Waals surface area contributed by atoms with E-state index >= 15 is 0 Å². The monoisotopic (exact) mass is 401 g/mol. The van der Waals surface area contributed by atoms with Crippen LogP contribution in [-0.4, -0.2) is 45.9 Å². The van der Waals surface area contributed by atoms with Crippen LogP contribution in [0, 0.1) is 0 Å². The van der Waals surface area contributed by atoms with Crippen LogP contribution in [0.15, 0.2) is 72.1 Å². The molecule has 0 aliphatic heterocycles. The van der Waals surface area contributed by atoms with E-state index in [-0.39, 0.29) is 17.3 Å². The van der Waals surface area contributed by atoms with Crippen LogP contribution < -0.4 is 10.0 Å². The Kier molecular flexibility index (Phi) is 8.38. The molecule has 1 amide bonds. The number of carbonyl (C=O) groups is 1. The third-order valence-corrected chi connectivity index (χ3v) is 5.58. The maximum Gasteiger partial charge on any atom is 0.251 e. The molecule has 0 unspecified atom stereocenters. The normalized spacial score (nSPS) is 11.4. The van der Waals surface area contributed by atoms with Crippen LogP contribution in [-0.2, 0) is 16.6 Å². The fourth-order valence-electron chi connectivity index (χ4n) is 2.66. The third-order valence-electron chi connectivity index (χ3n) is 4.14. The average Bonchev–Trinajstić information content (AvgIpc) is 2.70. The van der Waals surface area contributed by atoms with Gasteiger partial charge in [0.05, 0.1) is 4.90 Å². The summed E-state index contributed by atoms with van der Waals surface area (Å²) in [5, 5.41) is 2.87. The van der Waals surface area contributed by atoms with Crippen LogP contribution >= 0.6 is 0 Å². The van der Waals surface area contributed by atoms with Gasteiger partial charge in [-0.05, 0) is 49.8 Å². The molecule has 0 radical (unpaired) electrons. The minimum absolute atomic E-state index is 0.119. The molecule has 0 saturated heterocycles. The second-order valence-corrected chi connectivity index (χ2v) is 8.26. The van der Waals surface area contributed by atoms with E-state index < -0.39 is 10.0 Å². The highest BCUT2D eigenvalue weighted by Crippen LogP contribution is 2.10. The molecule has 0 aliphatic carbocycles. The first-order valence-electron chi connectivity index (χ1n) is 9.13. The predicted molar refractivity (Wildman–Crippen MR) is 112 cm³/mol. The van der Waals surface area contributed by atoms with Crippen LogP contribution in [0.1, 0.15) is 22.3 Å². The van der Waals surface area contributed by atoms with Crippen LogP contribution in [0.2, 0.25) is 0 Å². The molecule has 6 nitrogen and oxygen atoms in total. The second-order valence-electron chi connectivity index (χ2n) is 6.50. The van der Waals surface area contributed by atoms with Gasteiger partial charge in [0.2, 0.25) is 10.0 Å². The van der Waals surface area contributed by atoms with Crippen LogP contribution in [0.3, 0.4) is 0 Å². The van der Waals surface area contributed by atoms with Gasteiger partial charge in [0.15, 0.2) is 0 Å². The molecule has 2 aromatic rings. The molecule has 2 rings (SSSR count). The van der Waals surface area contributed by atoms with E-state index in [2.05, 4.69) is 33.7 Å². The number of rotatable bonds is 11. The second kappa shape index (κ2) is 10.8. The molecule has 0 spiro atoms. The number of hydrogen-bond acceptors (Lipinski definition) is 4. The van der Waals surface area contributed by atoms with Gasteiger partial charge in [-0.1, -0.05) is 36.4 Å². The molecule has 150 valence electrons. The highest BCUT2D eigenvalue weighted by Gasteiger charge is 2.13. The van der Waals surface area contributed by atoms with E-state index in [1.165, 1.54) is 35.9 Å². The number of carbonyl (C=O) groups excluding carboxylic acids is 1. The first-order valence-corrected chi connectivity index (χ1v) is 10.6. The van der Waals surface area contributed by atoms with Gasteiger partial charge < -0.3 is 10.2 Å². The van der Waals surface area contributed by atoms with E-state index in [4.69, 9.17) is 0 Å². The van der Waals surface area contributed by atoms with Gasteiger partial charge in [0.1, 0.15) is 0 Å². The highest BCUT2D eigenvalue weighted by atomic mass is 32.2. The van der Waals surface area contributed by atoms with Gasteiger partial charge in [-0.2, -0.15) is 0 Å². The summed E-state index contributed by atoms with van der Waals surface area (Å²) in [5.74, 6) is -0.214. The van der Waals surface area contributed by atoms with Crippen molar-refractivity contribution >= 4 is 15.9 Å². The Labute approximate surface area is 167 Å². The number of nitrogens with one attached hydrogen (secondary N) is 2. The van der Waals surface area contributed by atoms with Crippen LogP contribution in [0.4, 0.5) is 0 Å². The maximum atomic E-state index is 12.2. The van der Waals surface area contributed by atoms with Crippen LogP contribution in [0.5, 0.6) is 0 Å². The average molecular weight is 402 g/mol. The van der Waals surface area contributed by atoms with Crippen molar-refractivity contribution in [1.29, 1.82) is 0 Å². The molecule has 0 saturated carbocycles. The third kappa shape index (κ3) is 6.92.